The molecule has 0 aliphatic carbocycles. The Hall–Kier alpha value is -2.28. The number of hydrogen-bond acceptors (Lipinski definition) is 4. The van der Waals surface area contributed by atoms with Crippen molar-refractivity contribution in [3.8, 4) is 6.07 Å². The van der Waals surface area contributed by atoms with Gasteiger partial charge < -0.3 is 9.64 Å². The molecule has 1 aliphatic heterocycles. The van der Waals surface area contributed by atoms with E-state index in [2.05, 4.69) is 47.8 Å². The van der Waals surface area contributed by atoms with Crippen LogP contribution in [0.25, 0.3) is 0 Å². The van der Waals surface area contributed by atoms with E-state index >= 15 is 0 Å². The van der Waals surface area contributed by atoms with Crippen LogP contribution in [0.2, 0.25) is 0 Å². The van der Waals surface area contributed by atoms with E-state index in [4.69, 9.17) is 0 Å². The first-order chi connectivity index (χ1) is 10.1. The van der Waals surface area contributed by atoms with E-state index < -0.39 is 0 Å². The zero-order valence-electron chi connectivity index (χ0n) is 12.8. The summed E-state index contributed by atoms with van der Waals surface area (Å²) in [6, 6.07) is 8.64. The molecule has 1 heterocycles. The van der Waals surface area contributed by atoms with Crippen molar-refractivity contribution in [2.45, 2.75) is 33.1 Å². The molecule has 2 rings (SSSR count). The topological polar surface area (TPSA) is 53.3 Å². The number of methoxy groups -OCH3 is 1. The molecule has 21 heavy (non-hydrogen) atoms. The minimum absolute atomic E-state index is 0.246. The summed E-state index contributed by atoms with van der Waals surface area (Å²) in [6.07, 6.45) is 1.44. The number of carbonyl (C=O) groups excluding carboxylic acids is 1. The summed E-state index contributed by atoms with van der Waals surface area (Å²) in [5.74, 6) is -0.280. The van der Waals surface area contributed by atoms with Gasteiger partial charge in [-0.1, -0.05) is 12.1 Å². The predicted octanol–water partition coefficient (Wildman–Crippen LogP) is 3.11. The van der Waals surface area contributed by atoms with Crippen LogP contribution in [-0.2, 0) is 16.0 Å². The van der Waals surface area contributed by atoms with Crippen molar-refractivity contribution >= 4 is 11.7 Å². The average molecular weight is 284 g/mol. The summed E-state index contributed by atoms with van der Waals surface area (Å²) in [6.45, 7) is 4.96. The highest BCUT2D eigenvalue weighted by Gasteiger charge is 2.26. The molecule has 1 aliphatic rings. The number of aryl methyl sites for hydroxylation is 1. The van der Waals surface area contributed by atoms with Gasteiger partial charge in [0.15, 0.2) is 0 Å². The first-order valence-electron chi connectivity index (χ1n) is 7.16. The molecule has 0 fully saturated rings. The van der Waals surface area contributed by atoms with Crippen molar-refractivity contribution in [3.05, 3.63) is 40.6 Å². The number of nitrogens with zero attached hydrogens (tertiary/aromatic N) is 2. The van der Waals surface area contributed by atoms with Gasteiger partial charge in [-0.3, -0.25) is 4.79 Å². The molecule has 0 N–H and O–H groups in total. The Morgan fingerprint density at radius 3 is 2.81 bits per heavy atom. The van der Waals surface area contributed by atoms with Crippen molar-refractivity contribution in [1.82, 2.24) is 0 Å². The number of rotatable bonds is 4. The van der Waals surface area contributed by atoms with Gasteiger partial charge >= 0.3 is 5.97 Å². The number of esters is 1. The first kappa shape index (κ1) is 15.1. The Kier molecular flexibility index (Phi) is 4.64. The monoisotopic (exact) mass is 284 g/mol. The Bertz CT molecular complexity index is 626. The quantitative estimate of drug-likeness (QED) is 0.629. The number of fused-ring (bicyclic) bond motifs is 1. The van der Waals surface area contributed by atoms with Crippen LogP contribution in [0.3, 0.4) is 0 Å². The number of nitriles is 1. The summed E-state index contributed by atoms with van der Waals surface area (Å²) in [5.41, 5.74) is 5.32. The Labute approximate surface area is 125 Å². The van der Waals surface area contributed by atoms with E-state index in [0.29, 0.717) is 12.0 Å². The lowest BCUT2D eigenvalue weighted by Crippen LogP contribution is -2.19. The number of carbonyl (C=O) groups is 1. The maximum atomic E-state index is 11.3. The molecule has 0 unspecified atom stereocenters. The highest BCUT2D eigenvalue weighted by atomic mass is 16.5. The largest absolute Gasteiger partial charge is 0.469 e. The van der Waals surface area contributed by atoms with E-state index in [1.165, 1.54) is 23.9 Å². The molecule has 0 saturated heterocycles. The zero-order valence-corrected chi connectivity index (χ0v) is 12.8. The molecule has 4 heteroatoms. The van der Waals surface area contributed by atoms with Crippen LogP contribution in [0.5, 0.6) is 0 Å². The second-order valence-corrected chi connectivity index (χ2v) is 5.17. The number of likely N-dealkylation sites (N-methyl/N-ethyl adjacent to an activating group) is 1. The predicted molar refractivity (Wildman–Crippen MR) is 81.8 cm³/mol. The molecule has 1 aromatic rings. The van der Waals surface area contributed by atoms with Gasteiger partial charge in [-0.25, -0.2) is 0 Å². The maximum absolute atomic E-state index is 11.3. The van der Waals surface area contributed by atoms with Gasteiger partial charge in [-0.15, -0.1) is 0 Å². The summed E-state index contributed by atoms with van der Waals surface area (Å²) in [5, 5.41) is 9.43. The van der Waals surface area contributed by atoms with Crippen LogP contribution < -0.4 is 4.90 Å². The fourth-order valence-electron chi connectivity index (χ4n) is 2.72. The van der Waals surface area contributed by atoms with Crippen molar-refractivity contribution in [2.24, 2.45) is 0 Å². The SMILES string of the molecule is CCN1/C(=C(/C#N)CCC(=O)OC)Cc2ccc(C)cc21. The first-order valence-corrected chi connectivity index (χ1v) is 7.16. The van der Waals surface area contributed by atoms with Gasteiger partial charge in [0.25, 0.3) is 0 Å². The lowest BCUT2D eigenvalue weighted by molar-refractivity contribution is -0.140. The van der Waals surface area contributed by atoms with Gasteiger partial charge in [0.2, 0.25) is 0 Å². The Morgan fingerprint density at radius 1 is 1.43 bits per heavy atom. The minimum Gasteiger partial charge on any atom is -0.469 e. The summed E-state index contributed by atoms with van der Waals surface area (Å²) in [7, 11) is 1.37. The number of benzene rings is 1. The number of ether oxygens (including phenoxy) is 1. The second kappa shape index (κ2) is 6.45. The number of anilines is 1. The molecule has 0 spiro atoms. The summed E-state index contributed by atoms with van der Waals surface area (Å²) in [4.78, 5) is 13.5. The van der Waals surface area contributed by atoms with Crippen LogP contribution in [0, 0.1) is 18.3 Å². The molecule has 0 amide bonds. The van der Waals surface area contributed by atoms with Crippen LogP contribution in [0.1, 0.15) is 30.9 Å². The molecular formula is C17H20N2O2. The highest BCUT2D eigenvalue weighted by molar-refractivity contribution is 5.71. The van der Waals surface area contributed by atoms with Gasteiger partial charge in [-0.2, -0.15) is 5.26 Å². The fraction of sp³-hybridized carbons (Fsp3) is 0.412. The van der Waals surface area contributed by atoms with Crippen molar-refractivity contribution < 1.29 is 9.53 Å². The third-order valence-electron chi connectivity index (χ3n) is 3.82. The third kappa shape index (κ3) is 3.08. The van der Waals surface area contributed by atoms with E-state index in [-0.39, 0.29) is 12.4 Å². The Balaban J connectivity index is 2.32. The standard InChI is InChI=1S/C17H20N2O2/c1-4-19-15-9-12(2)5-6-13(15)10-16(19)14(11-18)7-8-17(20)21-3/h5-6,9H,4,7-8,10H2,1-3H3/b16-14+. The molecule has 1 aromatic carbocycles. The van der Waals surface area contributed by atoms with Crippen molar-refractivity contribution in [2.75, 3.05) is 18.6 Å². The number of hydrogen-bond donors (Lipinski definition) is 0. The molecule has 0 aromatic heterocycles. The third-order valence-corrected chi connectivity index (χ3v) is 3.82. The van der Waals surface area contributed by atoms with Gasteiger partial charge in [-0.05, 0) is 37.5 Å². The fourth-order valence-corrected chi connectivity index (χ4v) is 2.72. The molecular weight excluding hydrogens is 264 g/mol. The lowest BCUT2D eigenvalue weighted by Gasteiger charge is -2.21. The van der Waals surface area contributed by atoms with Crippen LogP contribution in [0.4, 0.5) is 5.69 Å². The smallest absolute Gasteiger partial charge is 0.305 e. The number of allylic oxidation sites excluding steroid dienone is 2. The normalized spacial score (nSPS) is 15.4. The minimum atomic E-state index is -0.280. The van der Waals surface area contributed by atoms with E-state index in [1.807, 2.05) is 0 Å². The highest BCUT2D eigenvalue weighted by Crippen LogP contribution is 2.37. The molecule has 0 saturated carbocycles. The van der Waals surface area contributed by atoms with Crippen molar-refractivity contribution in [3.63, 3.8) is 0 Å². The van der Waals surface area contributed by atoms with Crippen LogP contribution >= 0.6 is 0 Å². The molecule has 0 bridgehead atoms. The summed E-state index contributed by atoms with van der Waals surface area (Å²) < 4.78 is 4.65. The summed E-state index contributed by atoms with van der Waals surface area (Å²) >= 11 is 0. The zero-order chi connectivity index (χ0) is 15.4. The van der Waals surface area contributed by atoms with Gasteiger partial charge in [0.05, 0.1) is 19.6 Å². The molecule has 0 radical (unpaired) electrons. The average Bonchev–Trinajstić information content (AvgIpc) is 2.85. The van der Waals surface area contributed by atoms with Gasteiger partial charge in [0, 0.05) is 29.9 Å². The molecule has 0 atom stereocenters. The van der Waals surface area contributed by atoms with Crippen molar-refractivity contribution in [1.29, 1.82) is 5.26 Å². The maximum Gasteiger partial charge on any atom is 0.305 e. The lowest BCUT2D eigenvalue weighted by atomic mass is 10.1. The van der Waals surface area contributed by atoms with Gasteiger partial charge in [0.1, 0.15) is 0 Å². The Morgan fingerprint density at radius 2 is 2.19 bits per heavy atom. The van der Waals surface area contributed by atoms with Crippen LogP contribution in [0.15, 0.2) is 29.5 Å². The van der Waals surface area contributed by atoms with E-state index in [0.717, 1.165) is 18.7 Å². The molecule has 4 nitrogen and oxygen atoms in total. The van der Waals surface area contributed by atoms with Crippen LogP contribution in [-0.4, -0.2) is 19.6 Å². The van der Waals surface area contributed by atoms with E-state index in [9.17, 15) is 10.1 Å². The van der Waals surface area contributed by atoms with E-state index in [1.54, 1.807) is 0 Å². The second-order valence-electron chi connectivity index (χ2n) is 5.17. The molecule has 110 valence electrons.